The van der Waals surface area contributed by atoms with Crippen molar-refractivity contribution in [2.75, 3.05) is 13.7 Å². The first kappa shape index (κ1) is 15.4. The summed E-state index contributed by atoms with van der Waals surface area (Å²) >= 11 is 0. The van der Waals surface area contributed by atoms with E-state index in [0.29, 0.717) is 30.2 Å². The second-order valence-electron chi connectivity index (χ2n) is 5.66. The Morgan fingerprint density at radius 3 is 2.67 bits per heavy atom. The molecule has 0 saturated carbocycles. The summed E-state index contributed by atoms with van der Waals surface area (Å²) in [5.74, 6) is -0.131. The molecule has 1 aromatic rings. The van der Waals surface area contributed by atoms with Gasteiger partial charge in [-0.05, 0) is 49.4 Å². The second-order valence-corrected chi connectivity index (χ2v) is 5.66. The zero-order valence-electron chi connectivity index (χ0n) is 12.6. The molecule has 21 heavy (non-hydrogen) atoms. The number of hydrogen-bond acceptors (Lipinski definition) is 3. The van der Waals surface area contributed by atoms with E-state index in [4.69, 9.17) is 4.74 Å². The zero-order chi connectivity index (χ0) is 15.6. The van der Waals surface area contributed by atoms with Crippen LogP contribution >= 0.6 is 0 Å². The van der Waals surface area contributed by atoms with E-state index in [-0.39, 0.29) is 5.91 Å². The lowest BCUT2D eigenvalue weighted by molar-refractivity contribution is -0.144. The van der Waals surface area contributed by atoms with Crippen molar-refractivity contribution >= 4 is 11.9 Å². The summed E-state index contributed by atoms with van der Waals surface area (Å²) in [5, 5.41) is 9.36. The number of ether oxygens (including phenoxy) is 1. The average Bonchev–Trinajstić information content (AvgIpc) is 2.46. The lowest BCUT2D eigenvalue weighted by Gasteiger charge is -2.36. The van der Waals surface area contributed by atoms with Crippen LogP contribution in [0.2, 0.25) is 0 Å². The van der Waals surface area contributed by atoms with Crippen LogP contribution < -0.4 is 4.74 Å². The Balaban J connectivity index is 2.27. The predicted molar refractivity (Wildman–Crippen MR) is 78.6 cm³/mol. The van der Waals surface area contributed by atoms with E-state index in [1.54, 1.807) is 25.3 Å². The van der Waals surface area contributed by atoms with Gasteiger partial charge in [-0.15, -0.1) is 0 Å². The summed E-state index contributed by atoms with van der Waals surface area (Å²) in [4.78, 5) is 25.6. The molecule has 1 fully saturated rings. The molecule has 0 aromatic heterocycles. The first-order valence-corrected chi connectivity index (χ1v) is 7.12. The second kappa shape index (κ2) is 6.16. The molecule has 1 aliphatic heterocycles. The SMILES string of the molecule is COc1ccc(C(=O)N2CCC(C)CC2C(=O)O)c(C)c1. The third-order valence-electron chi connectivity index (χ3n) is 4.07. The van der Waals surface area contributed by atoms with Gasteiger partial charge in [-0.25, -0.2) is 4.79 Å². The Labute approximate surface area is 124 Å². The van der Waals surface area contributed by atoms with Crippen molar-refractivity contribution in [3.05, 3.63) is 29.3 Å². The molecule has 1 aliphatic rings. The Bertz CT molecular complexity index is 555. The van der Waals surface area contributed by atoms with E-state index in [1.165, 1.54) is 4.90 Å². The van der Waals surface area contributed by atoms with Gasteiger partial charge in [0, 0.05) is 12.1 Å². The summed E-state index contributed by atoms with van der Waals surface area (Å²) in [5.41, 5.74) is 1.33. The number of nitrogens with zero attached hydrogens (tertiary/aromatic N) is 1. The highest BCUT2D eigenvalue weighted by molar-refractivity contribution is 5.98. The van der Waals surface area contributed by atoms with E-state index in [9.17, 15) is 14.7 Å². The van der Waals surface area contributed by atoms with Gasteiger partial charge in [-0.1, -0.05) is 6.92 Å². The van der Waals surface area contributed by atoms with Gasteiger partial charge in [-0.3, -0.25) is 4.79 Å². The van der Waals surface area contributed by atoms with E-state index >= 15 is 0 Å². The molecule has 0 radical (unpaired) electrons. The maximum atomic E-state index is 12.7. The summed E-state index contributed by atoms with van der Waals surface area (Å²) in [7, 11) is 1.57. The number of carboxylic acids is 1. The number of carbonyl (C=O) groups is 2. The fourth-order valence-corrected chi connectivity index (χ4v) is 2.78. The first-order chi connectivity index (χ1) is 9.93. The highest BCUT2D eigenvalue weighted by Crippen LogP contribution is 2.26. The number of hydrogen-bond donors (Lipinski definition) is 1. The molecule has 0 aliphatic carbocycles. The van der Waals surface area contributed by atoms with Crippen LogP contribution in [0.3, 0.4) is 0 Å². The van der Waals surface area contributed by atoms with Gasteiger partial charge in [0.1, 0.15) is 11.8 Å². The molecular formula is C16H21NO4. The van der Waals surface area contributed by atoms with E-state index < -0.39 is 12.0 Å². The van der Waals surface area contributed by atoms with Crippen LogP contribution in [0.1, 0.15) is 35.7 Å². The molecule has 1 saturated heterocycles. The minimum Gasteiger partial charge on any atom is -0.497 e. The minimum absolute atomic E-state index is 0.213. The highest BCUT2D eigenvalue weighted by atomic mass is 16.5. The largest absolute Gasteiger partial charge is 0.497 e. The number of likely N-dealkylation sites (tertiary alicyclic amines) is 1. The number of aryl methyl sites for hydroxylation is 1. The molecule has 1 N–H and O–H groups in total. The molecule has 2 unspecified atom stereocenters. The lowest BCUT2D eigenvalue weighted by Crippen LogP contribution is -2.49. The van der Waals surface area contributed by atoms with Crippen molar-refractivity contribution in [1.82, 2.24) is 4.90 Å². The van der Waals surface area contributed by atoms with E-state index in [2.05, 4.69) is 0 Å². The summed E-state index contributed by atoms with van der Waals surface area (Å²) < 4.78 is 5.13. The number of methoxy groups -OCH3 is 1. The molecule has 1 amide bonds. The van der Waals surface area contributed by atoms with E-state index in [1.807, 2.05) is 13.8 Å². The monoisotopic (exact) mass is 291 g/mol. The number of carbonyl (C=O) groups excluding carboxylic acids is 1. The van der Waals surface area contributed by atoms with Crippen molar-refractivity contribution in [2.45, 2.75) is 32.7 Å². The normalized spacial score (nSPS) is 22.0. The Morgan fingerprint density at radius 1 is 1.38 bits per heavy atom. The maximum absolute atomic E-state index is 12.7. The van der Waals surface area contributed by atoms with Crippen molar-refractivity contribution in [1.29, 1.82) is 0 Å². The molecule has 1 heterocycles. The molecule has 5 nitrogen and oxygen atoms in total. The van der Waals surface area contributed by atoms with Gasteiger partial charge in [0.15, 0.2) is 0 Å². The number of amides is 1. The van der Waals surface area contributed by atoms with Crippen LogP contribution in [0.15, 0.2) is 18.2 Å². The van der Waals surface area contributed by atoms with Gasteiger partial charge >= 0.3 is 5.97 Å². The van der Waals surface area contributed by atoms with Gasteiger partial charge in [0.05, 0.1) is 7.11 Å². The third kappa shape index (κ3) is 3.17. The minimum atomic E-state index is -0.930. The molecule has 114 valence electrons. The fourth-order valence-electron chi connectivity index (χ4n) is 2.78. The number of benzene rings is 1. The summed E-state index contributed by atoms with van der Waals surface area (Å²) in [6.45, 7) is 4.34. The van der Waals surface area contributed by atoms with E-state index in [0.717, 1.165) is 12.0 Å². The molecule has 0 bridgehead atoms. The smallest absolute Gasteiger partial charge is 0.326 e. The topological polar surface area (TPSA) is 66.8 Å². The van der Waals surface area contributed by atoms with Gasteiger partial charge in [-0.2, -0.15) is 0 Å². The van der Waals surface area contributed by atoms with Gasteiger partial charge in [0.25, 0.3) is 5.91 Å². The zero-order valence-corrected chi connectivity index (χ0v) is 12.6. The van der Waals surface area contributed by atoms with Crippen LogP contribution in [0.25, 0.3) is 0 Å². The molecule has 2 atom stereocenters. The molecule has 0 spiro atoms. The Kier molecular flexibility index (Phi) is 4.50. The summed E-state index contributed by atoms with van der Waals surface area (Å²) in [6.07, 6.45) is 1.35. The van der Waals surface area contributed by atoms with Crippen molar-refractivity contribution < 1.29 is 19.4 Å². The Morgan fingerprint density at radius 2 is 2.10 bits per heavy atom. The highest BCUT2D eigenvalue weighted by Gasteiger charge is 2.35. The fraction of sp³-hybridized carbons (Fsp3) is 0.500. The van der Waals surface area contributed by atoms with Gasteiger partial charge < -0.3 is 14.7 Å². The van der Waals surface area contributed by atoms with Crippen molar-refractivity contribution in [3.8, 4) is 5.75 Å². The van der Waals surface area contributed by atoms with Gasteiger partial charge in [0.2, 0.25) is 0 Å². The molecular weight excluding hydrogens is 270 g/mol. The average molecular weight is 291 g/mol. The van der Waals surface area contributed by atoms with Crippen molar-refractivity contribution in [3.63, 3.8) is 0 Å². The Hall–Kier alpha value is -2.04. The molecule has 2 rings (SSSR count). The standard InChI is InChI=1S/C16H21NO4/c1-10-6-7-17(14(8-10)16(19)20)15(18)13-5-4-12(21-3)9-11(13)2/h4-5,9-10,14H,6-8H2,1-3H3,(H,19,20). The molecule has 1 aromatic carbocycles. The number of carboxylic acid groups (broad SMARTS) is 1. The summed E-state index contributed by atoms with van der Waals surface area (Å²) in [6, 6.07) is 4.48. The lowest BCUT2D eigenvalue weighted by atomic mass is 9.91. The maximum Gasteiger partial charge on any atom is 0.326 e. The van der Waals surface area contributed by atoms with Crippen LogP contribution in [0.5, 0.6) is 5.75 Å². The van der Waals surface area contributed by atoms with Crippen LogP contribution in [-0.4, -0.2) is 41.6 Å². The number of aliphatic carboxylic acids is 1. The molecule has 5 heteroatoms. The van der Waals surface area contributed by atoms with Crippen LogP contribution in [-0.2, 0) is 4.79 Å². The third-order valence-corrected chi connectivity index (χ3v) is 4.07. The van der Waals surface area contributed by atoms with Crippen LogP contribution in [0, 0.1) is 12.8 Å². The first-order valence-electron chi connectivity index (χ1n) is 7.12. The predicted octanol–water partition coefficient (Wildman–Crippen LogP) is 2.33. The quantitative estimate of drug-likeness (QED) is 0.928. The number of rotatable bonds is 3. The number of piperidine rings is 1. The van der Waals surface area contributed by atoms with Crippen molar-refractivity contribution in [2.24, 2.45) is 5.92 Å². The van der Waals surface area contributed by atoms with Crippen LogP contribution in [0.4, 0.5) is 0 Å².